The highest BCUT2D eigenvalue weighted by atomic mass is 79.9. The number of ether oxygens (including phenoxy) is 2. The van der Waals surface area contributed by atoms with E-state index >= 15 is 0 Å². The van der Waals surface area contributed by atoms with Gasteiger partial charge < -0.3 is 14.8 Å². The molecule has 0 heterocycles. The number of amides is 1. The lowest BCUT2D eigenvalue weighted by atomic mass is 10.1. The topological polar surface area (TPSA) is 64.6 Å². The molecule has 0 unspecified atom stereocenters. The number of esters is 1. The van der Waals surface area contributed by atoms with E-state index < -0.39 is 5.97 Å². The van der Waals surface area contributed by atoms with Crippen molar-refractivity contribution >= 4 is 33.5 Å². The molecular formula is C18H18BrNO4. The second kappa shape index (κ2) is 7.97. The Bertz CT molecular complexity index is 774. The fourth-order valence-corrected chi connectivity index (χ4v) is 2.61. The van der Waals surface area contributed by atoms with E-state index in [9.17, 15) is 9.59 Å². The Morgan fingerprint density at radius 2 is 1.88 bits per heavy atom. The molecule has 0 bridgehead atoms. The van der Waals surface area contributed by atoms with Crippen LogP contribution in [0.5, 0.6) is 5.75 Å². The zero-order valence-corrected chi connectivity index (χ0v) is 15.3. The highest BCUT2D eigenvalue weighted by Crippen LogP contribution is 2.25. The normalized spacial score (nSPS) is 10.2. The van der Waals surface area contributed by atoms with Crippen LogP contribution in [0, 0.1) is 13.8 Å². The van der Waals surface area contributed by atoms with Crippen molar-refractivity contribution < 1.29 is 19.1 Å². The molecule has 0 saturated heterocycles. The maximum Gasteiger partial charge on any atom is 0.338 e. The average molecular weight is 392 g/mol. The summed E-state index contributed by atoms with van der Waals surface area (Å²) in [6.07, 6.45) is 0. The Morgan fingerprint density at radius 1 is 1.12 bits per heavy atom. The summed E-state index contributed by atoms with van der Waals surface area (Å²) in [6, 6.07) is 10.6. The summed E-state index contributed by atoms with van der Waals surface area (Å²) in [4.78, 5) is 24.0. The molecule has 2 aromatic rings. The van der Waals surface area contributed by atoms with Crippen LogP contribution in [0.3, 0.4) is 0 Å². The average Bonchev–Trinajstić information content (AvgIpc) is 2.56. The third kappa shape index (κ3) is 4.58. The fourth-order valence-electron chi connectivity index (χ4n) is 2.06. The molecule has 5 nitrogen and oxygen atoms in total. The summed E-state index contributed by atoms with van der Waals surface area (Å²) in [5.41, 5.74) is 3.03. The van der Waals surface area contributed by atoms with Gasteiger partial charge in [-0.1, -0.05) is 12.1 Å². The standard InChI is InChI=1S/C18H18BrNO4/c1-11-4-5-12(2)15(8-11)20-17(21)10-24-18(22)13-6-7-16(23-3)14(19)9-13/h4-9H,10H2,1-3H3,(H,20,21). The first-order chi connectivity index (χ1) is 11.4. The number of nitrogens with one attached hydrogen (secondary N) is 1. The van der Waals surface area contributed by atoms with Crippen molar-refractivity contribution in [1.29, 1.82) is 0 Å². The lowest BCUT2D eigenvalue weighted by Crippen LogP contribution is -2.21. The Kier molecular flexibility index (Phi) is 5.98. The van der Waals surface area contributed by atoms with Crippen LogP contribution in [0.2, 0.25) is 0 Å². The zero-order valence-electron chi connectivity index (χ0n) is 13.7. The van der Waals surface area contributed by atoms with Gasteiger partial charge >= 0.3 is 5.97 Å². The minimum atomic E-state index is -0.575. The van der Waals surface area contributed by atoms with Gasteiger partial charge in [-0.05, 0) is 65.2 Å². The highest BCUT2D eigenvalue weighted by Gasteiger charge is 2.13. The Morgan fingerprint density at radius 3 is 2.54 bits per heavy atom. The molecule has 0 aliphatic rings. The fraction of sp³-hybridized carbons (Fsp3) is 0.222. The van der Waals surface area contributed by atoms with Gasteiger partial charge in [0.15, 0.2) is 6.61 Å². The molecule has 1 amide bonds. The van der Waals surface area contributed by atoms with Crippen molar-refractivity contribution in [3.63, 3.8) is 0 Å². The first kappa shape index (κ1) is 18.0. The van der Waals surface area contributed by atoms with Crippen LogP contribution in [0.1, 0.15) is 21.5 Å². The lowest BCUT2D eigenvalue weighted by molar-refractivity contribution is -0.119. The molecule has 126 valence electrons. The van der Waals surface area contributed by atoms with Gasteiger partial charge in [-0.25, -0.2) is 4.79 Å². The van der Waals surface area contributed by atoms with E-state index in [-0.39, 0.29) is 12.5 Å². The number of anilines is 1. The van der Waals surface area contributed by atoms with Gasteiger partial charge in [-0.2, -0.15) is 0 Å². The summed E-state index contributed by atoms with van der Waals surface area (Å²) in [5.74, 6) is -0.349. The molecule has 2 aromatic carbocycles. The van der Waals surface area contributed by atoms with E-state index in [1.807, 2.05) is 32.0 Å². The Hall–Kier alpha value is -2.34. The molecule has 24 heavy (non-hydrogen) atoms. The molecule has 0 aromatic heterocycles. The summed E-state index contributed by atoms with van der Waals surface area (Å²) in [5, 5.41) is 2.74. The van der Waals surface area contributed by atoms with Crippen LogP contribution in [-0.2, 0) is 9.53 Å². The number of carbonyl (C=O) groups excluding carboxylic acids is 2. The smallest absolute Gasteiger partial charge is 0.338 e. The van der Waals surface area contributed by atoms with Crippen molar-refractivity contribution in [3.8, 4) is 5.75 Å². The van der Waals surface area contributed by atoms with E-state index in [2.05, 4.69) is 21.2 Å². The number of benzene rings is 2. The Balaban J connectivity index is 1.95. The number of carbonyl (C=O) groups is 2. The maximum atomic E-state index is 12.0. The zero-order chi connectivity index (χ0) is 17.7. The van der Waals surface area contributed by atoms with Crippen LogP contribution in [0.4, 0.5) is 5.69 Å². The van der Waals surface area contributed by atoms with Gasteiger partial charge in [0.1, 0.15) is 5.75 Å². The largest absolute Gasteiger partial charge is 0.496 e. The van der Waals surface area contributed by atoms with Crippen LogP contribution in [-0.4, -0.2) is 25.6 Å². The molecule has 0 radical (unpaired) electrons. The SMILES string of the molecule is COc1ccc(C(=O)OCC(=O)Nc2cc(C)ccc2C)cc1Br. The number of hydrogen-bond acceptors (Lipinski definition) is 4. The van der Waals surface area contributed by atoms with E-state index in [0.29, 0.717) is 21.5 Å². The predicted molar refractivity (Wildman–Crippen MR) is 95.5 cm³/mol. The molecule has 2 rings (SSSR count). The van der Waals surface area contributed by atoms with E-state index in [0.717, 1.165) is 11.1 Å². The van der Waals surface area contributed by atoms with E-state index in [1.54, 1.807) is 18.2 Å². The van der Waals surface area contributed by atoms with E-state index in [4.69, 9.17) is 9.47 Å². The van der Waals surface area contributed by atoms with E-state index in [1.165, 1.54) is 7.11 Å². The van der Waals surface area contributed by atoms with Crippen molar-refractivity contribution in [2.45, 2.75) is 13.8 Å². The molecule has 1 N–H and O–H groups in total. The molecule has 0 aliphatic carbocycles. The van der Waals surface area contributed by atoms with Gasteiger partial charge in [0, 0.05) is 5.69 Å². The summed E-state index contributed by atoms with van der Waals surface area (Å²) >= 11 is 3.30. The predicted octanol–water partition coefficient (Wildman–Crippen LogP) is 3.87. The van der Waals surface area contributed by atoms with Gasteiger partial charge in [0.05, 0.1) is 17.1 Å². The first-order valence-corrected chi connectivity index (χ1v) is 8.08. The number of halogens is 1. The monoisotopic (exact) mass is 391 g/mol. The molecule has 0 aliphatic heterocycles. The number of aryl methyl sites for hydroxylation is 2. The minimum absolute atomic E-state index is 0.335. The highest BCUT2D eigenvalue weighted by molar-refractivity contribution is 9.10. The van der Waals surface area contributed by atoms with Gasteiger partial charge in [-0.15, -0.1) is 0 Å². The third-order valence-electron chi connectivity index (χ3n) is 3.39. The lowest BCUT2D eigenvalue weighted by Gasteiger charge is -2.10. The third-order valence-corrected chi connectivity index (χ3v) is 4.01. The van der Waals surface area contributed by atoms with Crippen LogP contribution in [0.15, 0.2) is 40.9 Å². The summed E-state index contributed by atoms with van der Waals surface area (Å²) < 4.78 is 10.8. The Labute approximate surface area is 149 Å². The molecule has 0 saturated carbocycles. The molecular weight excluding hydrogens is 374 g/mol. The van der Waals surface area contributed by atoms with Crippen LogP contribution in [0.25, 0.3) is 0 Å². The number of methoxy groups -OCH3 is 1. The number of rotatable bonds is 5. The second-order valence-electron chi connectivity index (χ2n) is 5.29. The summed E-state index contributed by atoms with van der Waals surface area (Å²) in [7, 11) is 1.54. The van der Waals surface area contributed by atoms with Crippen LogP contribution >= 0.6 is 15.9 Å². The van der Waals surface area contributed by atoms with Crippen molar-refractivity contribution in [1.82, 2.24) is 0 Å². The molecule has 0 atom stereocenters. The van der Waals surface area contributed by atoms with Gasteiger partial charge in [0.25, 0.3) is 5.91 Å². The maximum absolute atomic E-state index is 12.0. The summed E-state index contributed by atoms with van der Waals surface area (Å²) in [6.45, 7) is 3.49. The van der Waals surface area contributed by atoms with Crippen LogP contribution < -0.4 is 10.1 Å². The quantitative estimate of drug-likeness (QED) is 0.785. The first-order valence-electron chi connectivity index (χ1n) is 7.28. The molecule has 0 spiro atoms. The molecule has 6 heteroatoms. The number of hydrogen-bond donors (Lipinski definition) is 1. The van der Waals surface area contributed by atoms with Gasteiger partial charge in [-0.3, -0.25) is 4.79 Å². The van der Waals surface area contributed by atoms with Crippen molar-refractivity contribution in [3.05, 3.63) is 57.6 Å². The van der Waals surface area contributed by atoms with Crippen molar-refractivity contribution in [2.75, 3.05) is 19.0 Å². The second-order valence-corrected chi connectivity index (χ2v) is 6.15. The van der Waals surface area contributed by atoms with Crippen molar-refractivity contribution in [2.24, 2.45) is 0 Å². The minimum Gasteiger partial charge on any atom is -0.496 e. The van der Waals surface area contributed by atoms with Gasteiger partial charge in [0.2, 0.25) is 0 Å². The molecule has 0 fully saturated rings.